The second-order valence-corrected chi connectivity index (χ2v) is 8.74. The van der Waals surface area contributed by atoms with Crippen LogP contribution in [0.1, 0.15) is 36.1 Å². The van der Waals surface area contributed by atoms with E-state index in [9.17, 15) is 4.39 Å². The maximum Gasteiger partial charge on any atom is 0.130 e. The maximum atomic E-state index is 14.9. The average molecular weight is 442 g/mol. The normalized spacial score (nSPS) is 14.5. The molecule has 33 heavy (non-hydrogen) atoms. The van der Waals surface area contributed by atoms with E-state index >= 15 is 0 Å². The van der Waals surface area contributed by atoms with Gasteiger partial charge in [0, 0.05) is 18.1 Å². The van der Waals surface area contributed by atoms with Crippen LogP contribution in [0.5, 0.6) is 0 Å². The Kier molecular flexibility index (Phi) is 5.92. The molecule has 0 bridgehead atoms. The number of aromatic amines is 1. The molecular formula is C27H28FN5. The van der Waals surface area contributed by atoms with Crippen molar-refractivity contribution in [3.63, 3.8) is 0 Å². The first kappa shape index (κ1) is 21.3. The summed E-state index contributed by atoms with van der Waals surface area (Å²) in [5, 5.41) is 11.7. The van der Waals surface area contributed by atoms with Crippen LogP contribution in [0.4, 0.5) is 10.2 Å². The van der Waals surface area contributed by atoms with Crippen LogP contribution in [0.3, 0.4) is 0 Å². The molecule has 1 fully saturated rings. The van der Waals surface area contributed by atoms with Crippen LogP contribution in [-0.2, 0) is 6.54 Å². The number of rotatable bonds is 6. The number of hydrogen-bond donors (Lipinski definition) is 2. The number of hydrogen-bond acceptors (Lipinski definition) is 4. The fourth-order valence-electron chi connectivity index (χ4n) is 4.56. The monoisotopic (exact) mass is 441 g/mol. The van der Waals surface area contributed by atoms with Gasteiger partial charge in [0.15, 0.2) is 0 Å². The van der Waals surface area contributed by atoms with Crippen LogP contribution >= 0.6 is 0 Å². The van der Waals surface area contributed by atoms with Crippen molar-refractivity contribution in [2.75, 3.05) is 18.4 Å². The lowest BCUT2D eigenvalue weighted by Crippen LogP contribution is -2.29. The van der Waals surface area contributed by atoms with Crippen molar-refractivity contribution in [3.8, 4) is 11.1 Å². The minimum atomic E-state index is -0.159. The zero-order valence-electron chi connectivity index (χ0n) is 18.9. The fourth-order valence-corrected chi connectivity index (χ4v) is 4.56. The van der Waals surface area contributed by atoms with E-state index in [1.54, 1.807) is 12.3 Å². The molecule has 1 aliphatic rings. The standard InChI is InChI=1S/C27H28FN5/c1-18-22(14-20(15-24(18)28)17-33-12-6-3-7-13-33)21-9-10-25-23(16-21)27(32-31-25)19(2)30-26-8-4-5-11-29-26/h4-5,8-11,14-16H,2-3,6-7,12-13,17H2,1H3,(H,29,30)(H,31,32). The Labute approximate surface area is 193 Å². The number of anilines is 1. The van der Waals surface area contributed by atoms with Crippen molar-refractivity contribution in [1.29, 1.82) is 0 Å². The SMILES string of the molecule is C=C(Nc1ccccn1)c1n[nH]c2ccc(-c3cc(CN4CCCCC4)cc(F)c3C)cc12. The van der Waals surface area contributed by atoms with E-state index in [0.29, 0.717) is 17.1 Å². The lowest BCUT2D eigenvalue weighted by molar-refractivity contribution is 0.220. The highest BCUT2D eigenvalue weighted by atomic mass is 19.1. The van der Waals surface area contributed by atoms with Crippen molar-refractivity contribution in [2.24, 2.45) is 0 Å². The second kappa shape index (κ2) is 9.16. The van der Waals surface area contributed by atoms with Crippen LogP contribution < -0.4 is 5.32 Å². The Morgan fingerprint density at radius 1 is 1.12 bits per heavy atom. The van der Waals surface area contributed by atoms with Crippen LogP contribution in [0.25, 0.3) is 27.7 Å². The molecule has 168 valence electrons. The van der Waals surface area contributed by atoms with Gasteiger partial charge in [-0.05, 0) is 91.5 Å². The number of benzene rings is 2. The minimum Gasteiger partial charge on any atom is -0.339 e. The van der Waals surface area contributed by atoms with Crippen molar-refractivity contribution in [2.45, 2.75) is 32.7 Å². The minimum absolute atomic E-state index is 0.159. The summed E-state index contributed by atoms with van der Waals surface area (Å²) in [6.45, 7) is 8.95. The zero-order chi connectivity index (χ0) is 22.8. The van der Waals surface area contributed by atoms with Crippen molar-refractivity contribution < 1.29 is 4.39 Å². The quantitative estimate of drug-likeness (QED) is 0.377. The molecular weight excluding hydrogens is 413 g/mol. The molecule has 2 aromatic heterocycles. The molecule has 0 radical (unpaired) electrons. The van der Waals surface area contributed by atoms with Gasteiger partial charge in [-0.25, -0.2) is 9.37 Å². The van der Waals surface area contributed by atoms with E-state index in [4.69, 9.17) is 0 Å². The molecule has 2 aromatic carbocycles. The Morgan fingerprint density at radius 2 is 1.97 bits per heavy atom. The molecule has 0 aliphatic carbocycles. The molecule has 0 atom stereocenters. The Hall–Kier alpha value is -3.51. The van der Waals surface area contributed by atoms with E-state index in [-0.39, 0.29) is 5.82 Å². The van der Waals surface area contributed by atoms with Gasteiger partial charge in [-0.1, -0.05) is 25.1 Å². The molecule has 5 nitrogen and oxygen atoms in total. The Bertz CT molecular complexity index is 1290. The number of halogens is 1. The van der Waals surface area contributed by atoms with Gasteiger partial charge in [0.2, 0.25) is 0 Å². The van der Waals surface area contributed by atoms with E-state index < -0.39 is 0 Å². The van der Waals surface area contributed by atoms with Crippen molar-refractivity contribution in [1.82, 2.24) is 20.1 Å². The summed E-state index contributed by atoms with van der Waals surface area (Å²) in [4.78, 5) is 6.72. The number of piperidine rings is 1. The number of likely N-dealkylation sites (tertiary alicyclic amines) is 1. The number of pyridine rings is 1. The molecule has 5 rings (SSSR count). The van der Waals surface area contributed by atoms with E-state index in [1.165, 1.54) is 19.3 Å². The third-order valence-electron chi connectivity index (χ3n) is 6.36. The topological polar surface area (TPSA) is 56.8 Å². The Morgan fingerprint density at radius 3 is 2.76 bits per heavy atom. The van der Waals surface area contributed by atoms with Crippen molar-refractivity contribution in [3.05, 3.63) is 83.9 Å². The number of aromatic nitrogens is 3. The molecule has 0 unspecified atom stereocenters. The highest BCUT2D eigenvalue weighted by molar-refractivity contribution is 5.95. The number of nitrogens with one attached hydrogen (secondary N) is 2. The van der Waals surface area contributed by atoms with Crippen molar-refractivity contribution >= 4 is 22.4 Å². The van der Waals surface area contributed by atoms with Gasteiger partial charge in [0.25, 0.3) is 0 Å². The maximum absolute atomic E-state index is 14.9. The summed E-state index contributed by atoms with van der Waals surface area (Å²) < 4.78 is 14.9. The first-order valence-corrected chi connectivity index (χ1v) is 11.5. The third-order valence-corrected chi connectivity index (χ3v) is 6.36. The molecule has 0 amide bonds. The zero-order valence-corrected chi connectivity index (χ0v) is 18.9. The smallest absolute Gasteiger partial charge is 0.130 e. The summed E-state index contributed by atoms with van der Waals surface area (Å²) in [5.41, 5.74) is 5.84. The highest BCUT2D eigenvalue weighted by Gasteiger charge is 2.16. The van der Waals surface area contributed by atoms with Crippen LogP contribution in [0, 0.1) is 12.7 Å². The Balaban J connectivity index is 1.48. The molecule has 0 spiro atoms. The van der Waals surface area contributed by atoms with Gasteiger partial charge in [0.05, 0.1) is 11.2 Å². The van der Waals surface area contributed by atoms with E-state index in [0.717, 1.165) is 52.9 Å². The molecule has 1 saturated heterocycles. The van der Waals surface area contributed by atoms with Gasteiger partial charge in [-0.15, -0.1) is 0 Å². The fraction of sp³-hybridized carbons (Fsp3) is 0.259. The van der Waals surface area contributed by atoms with Gasteiger partial charge in [-0.3, -0.25) is 10.00 Å². The highest BCUT2D eigenvalue weighted by Crippen LogP contribution is 2.32. The van der Waals surface area contributed by atoms with Gasteiger partial charge in [0.1, 0.15) is 17.3 Å². The molecule has 4 aromatic rings. The first-order valence-electron chi connectivity index (χ1n) is 11.5. The first-order chi connectivity index (χ1) is 16.1. The van der Waals surface area contributed by atoms with E-state index in [2.05, 4.69) is 44.1 Å². The average Bonchev–Trinajstić information content (AvgIpc) is 3.26. The largest absolute Gasteiger partial charge is 0.339 e. The van der Waals surface area contributed by atoms with Gasteiger partial charge >= 0.3 is 0 Å². The summed E-state index contributed by atoms with van der Waals surface area (Å²) in [6, 6.07) is 15.6. The third kappa shape index (κ3) is 4.52. The predicted octanol–water partition coefficient (Wildman–Crippen LogP) is 6.14. The lowest BCUT2D eigenvalue weighted by Gasteiger charge is -2.26. The van der Waals surface area contributed by atoms with Gasteiger partial charge < -0.3 is 5.32 Å². The summed E-state index contributed by atoms with van der Waals surface area (Å²) in [7, 11) is 0. The lowest BCUT2D eigenvalue weighted by atomic mass is 9.95. The molecule has 6 heteroatoms. The molecule has 3 heterocycles. The summed E-state index contributed by atoms with van der Waals surface area (Å²) in [6.07, 6.45) is 5.46. The van der Waals surface area contributed by atoms with Crippen LogP contribution in [0.15, 0.2) is 61.3 Å². The molecule has 2 N–H and O–H groups in total. The second-order valence-electron chi connectivity index (χ2n) is 8.74. The summed E-state index contributed by atoms with van der Waals surface area (Å²) >= 11 is 0. The number of fused-ring (bicyclic) bond motifs is 1. The molecule has 1 aliphatic heterocycles. The number of H-pyrrole nitrogens is 1. The number of nitrogens with zero attached hydrogens (tertiary/aromatic N) is 3. The summed E-state index contributed by atoms with van der Waals surface area (Å²) in [5.74, 6) is 0.548. The molecule has 0 saturated carbocycles. The van der Waals surface area contributed by atoms with E-state index in [1.807, 2.05) is 37.3 Å². The van der Waals surface area contributed by atoms with Crippen LogP contribution in [0.2, 0.25) is 0 Å². The van der Waals surface area contributed by atoms with Gasteiger partial charge in [-0.2, -0.15) is 5.10 Å². The van der Waals surface area contributed by atoms with Crippen LogP contribution in [-0.4, -0.2) is 33.2 Å². The predicted molar refractivity (Wildman–Crippen MR) is 132 cm³/mol.